The fraction of sp³-hybridized carbons (Fsp3) is 0.400. The zero-order chi connectivity index (χ0) is 24.1. The molecule has 2 heterocycles. The van der Waals surface area contributed by atoms with Crippen LogP contribution in [0.25, 0.3) is 6.08 Å². The summed E-state index contributed by atoms with van der Waals surface area (Å²) in [7, 11) is -2.28. The Bertz CT molecular complexity index is 1150. The summed E-state index contributed by atoms with van der Waals surface area (Å²) >= 11 is 0. The molecule has 2 aliphatic heterocycles. The van der Waals surface area contributed by atoms with Crippen LogP contribution >= 0.6 is 0 Å². The van der Waals surface area contributed by atoms with E-state index in [0.29, 0.717) is 45.0 Å². The van der Waals surface area contributed by atoms with Gasteiger partial charge in [0.25, 0.3) is 0 Å². The van der Waals surface area contributed by atoms with Gasteiger partial charge in [0.2, 0.25) is 15.9 Å². The van der Waals surface area contributed by atoms with E-state index in [1.165, 1.54) is 28.7 Å². The summed E-state index contributed by atoms with van der Waals surface area (Å²) in [5, 5.41) is 0. The van der Waals surface area contributed by atoms with E-state index in [9.17, 15) is 13.2 Å². The summed E-state index contributed by atoms with van der Waals surface area (Å²) in [5.74, 6) is 0.195. The highest BCUT2D eigenvalue weighted by molar-refractivity contribution is 7.89. The predicted octanol–water partition coefficient (Wildman–Crippen LogP) is 2.39. The Hall–Kier alpha value is -2.88. The maximum absolute atomic E-state index is 13.2. The molecule has 2 aromatic carbocycles. The first-order chi connectivity index (χ1) is 16.4. The first-order valence-electron chi connectivity index (χ1n) is 11.4. The van der Waals surface area contributed by atoms with Gasteiger partial charge in [0.1, 0.15) is 10.6 Å². The van der Waals surface area contributed by atoms with Gasteiger partial charge in [-0.15, -0.1) is 0 Å². The highest BCUT2D eigenvalue weighted by Crippen LogP contribution is 2.29. The van der Waals surface area contributed by atoms with Crippen molar-refractivity contribution in [2.75, 3.05) is 64.5 Å². The monoisotopic (exact) mass is 485 g/mol. The Kier molecular flexibility index (Phi) is 7.55. The largest absolute Gasteiger partial charge is 0.495 e. The molecule has 2 aliphatic rings. The van der Waals surface area contributed by atoms with Crippen molar-refractivity contribution < 1.29 is 22.7 Å². The van der Waals surface area contributed by atoms with Crippen LogP contribution in [0.1, 0.15) is 11.1 Å². The van der Waals surface area contributed by atoms with Gasteiger partial charge in [-0.3, -0.25) is 4.79 Å². The van der Waals surface area contributed by atoms with Crippen LogP contribution in [0.2, 0.25) is 0 Å². The molecule has 8 nitrogen and oxygen atoms in total. The van der Waals surface area contributed by atoms with Gasteiger partial charge in [-0.2, -0.15) is 4.31 Å². The van der Waals surface area contributed by atoms with Crippen LogP contribution < -0.4 is 9.64 Å². The Morgan fingerprint density at radius 1 is 1.00 bits per heavy atom. The Balaban J connectivity index is 1.44. The molecular weight excluding hydrogens is 454 g/mol. The summed E-state index contributed by atoms with van der Waals surface area (Å²) in [6.07, 6.45) is 3.17. The molecule has 34 heavy (non-hydrogen) atoms. The second kappa shape index (κ2) is 10.6. The molecule has 182 valence electrons. The van der Waals surface area contributed by atoms with Gasteiger partial charge in [-0.25, -0.2) is 8.42 Å². The van der Waals surface area contributed by atoms with Crippen molar-refractivity contribution in [1.82, 2.24) is 9.21 Å². The molecule has 0 radical (unpaired) electrons. The Labute approximate surface area is 201 Å². The molecule has 0 aromatic heterocycles. The lowest BCUT2D eigenvalue weighted by atomic mass is 10.1. The highest BCUT2D eigenvalue weighted by atomic mass is 32.2. The molecule has 2 aromatic rings. The molecule has 0 N–H and O–H groups in total. The lowest BCUT2D eigenvalue weighted by Crippen LogP contribution is -2.48. The second-order valence-corrected chi connectivity index (χ2v) is 10.3. The zero-order valence-corrected chi connectivity index (χ0v) is 20.5. The van der Waals surface area contributed by atoms with Gasteiger partial charge < -0.3 is 19.3 Å². The van der Waals surface area contributed by atoms with E-state index in [0.717, 1.165) is 13.1 Å². The van der Waals surface area contributed by atoms with Crippen LogP contribution in [-0.4, -0.2) is 83.1 Å². The summed E-state index contributed by atoms with van der Waals surface area (Å²) in [6, 6.07) is 13.2. The maximum atomic E-state index is 13.2. The van der Waals surface area contributed by atoms with Crippen LogP contribution in [0, 0.1) is 6.92 Å². The van der Waals surface area contributed by atoms with Crippen molar-refractivity contribution in [1.29, 1.82) is 0 Å². The fourth-order valence-corrected chi connectivity index (χ4v) is 5.88. The van der Waals surface area contributed by atoms with Crippen LogP contribution in [0.15, 0.2) is 53.4 Å². The molecule has 0 saturated carbocycles. The minimum atomic E-state index is -3.73. The van der Waals surface area contributed by atoms with E-state index in [-0.39, 0.29) is 16.6 Å². The Morgan fingerprint density at radius 3 is 2.38 bits per heavy atom. The van der Waals surface area contributed by atoms with E-state index in [1.807, 2.05) is 17.0 Å². The van der Waals surface area contributed by atoms with E-state index in [1.54, 1.807) is 24.3 Å². The van der Waals surface area contributed by atoms with Gasteiger partial charge in [0.15, 0.2) is 0 Å². The SMILES string of the molecule is COc1ccc(C=CC(=O)N2CCN(c3ccccc3C)CC2)cc1S(=O)(=O)N1CCOCC1. The number of carbonyl (C=O) groups is 1. The first-order valence-corrected chi connectivity index (χ1v) is 12.9. The van der Waals surface area contributed by atoms with Crippen LogP contribution in [0.5, 0.6) is 5.75 Å². The summed E-state index contributed by atoms with van der Waals surface area (Å²) in [5.41, 5.74) is 3.06. The van der Waals surface area contributed by atoms with E-state index >= 15 is 0 Å². The number of morpholine rings is 1. The number of carbonyl (C=O) groups excluding carboxylic acids is 1. The average Bonchev–Trinajstić information content (AvgIpc) is 2.88. The number of hydrogen-bond acceptors (Lipinski definition) is 6. The van der Waals surface area contributed by atoms with Gasteiger partial charge in [-0.05, 0) is 42.3 Å². The van der Waals surface area contributed by atoms with Crippen LogP contribution in [0.3, 0.4) is 0 Å². The number of aryl methyl sites for hydroxylation is 1. The number of benzene rings is 2. The predicted molar refractivity (Wildman–Crippen MR) is 132 cm³/mol. The normalized spacial score (nSPS) is 17.8. The lowest BCUT2D eigenvalue weighted by molar-refractivity contribution is -0.126. The van der Waals surface area contributed by atoms with E-state index in [2.05, 4.69) is 24.0 Å². The molecule has 4 rings (SSSR count). The smallest absolute Gasteiger partial charge is 0.246 e. The highest BCUT2D eigenvalue weighted by Gasteiger charge is 2.29. The zero-order valence-electron chi connectivity index (χ0n) is 19.6. The summed E-state index contributed by atoms with van der Waals surface area (Å²) < 4.78 is 38.3. The molecule has 2 saturated heterocycles. The van der Waals surface area contributed by atoms with Gasteiger partial charge >= 0.3 is 0 Å². The summed E-state index contributed by atoms with van der Waals surface area (Å²) in [4.78, 5) is 17.0. The quantitative estimate of drug-likeness (QED) is 0.585. The molecule has 0 spiro atoms. The number of sulfonamides is 1. The standard InChI is InChI=1S/C25H31N3O5S/c1-20-5-3-4-6-22(20)26-11-13-27(14-12-26)25(29)10-8-21-7-9-23(32-2)24(19-21)34(30,31)28-15-17-33-18-16-28/h3-10,19H,11-18H2,1-2H3. The number of rotatable bonds is 6. The minimum absolute atomic E-state index is 0.0853. The van der Waals surface area contributed by atoms with Crippen molar-refractivity contribution in [3.8, 4) is 5.75 Å². The number of para-hydroxylation sites is 1. The van der Waals surface area contributed by atoms with E-state index < -0.39 is 10.0 Å². The van der Waals surface area contributed by atoms with Crippen LogP contribution in [-0.2, 0) is 19.6 Å². The summed E-state index contributed by atoms with van der Waals surface area (Å²) in [6.45, 7) is 6.26. The van der Waals surface area contributed by atoms with Crippen molar-refractivity contribution in [3.63, 3.8) is 0 Å². The maximum Gasteiger partial charge on any atom is 0.246 e. The third kappa shape index (κ3) is 5.27. The van der Waals surface area contributed by atoms with Crippen molar-refractivity contribution in [2.24, 2.45) is 0 Å². The first kappa shape index (κ1) is 24.3. The minimum Gasteiger partial charge on any atom is -0.495 e. The third-order valence-electron chi connectivity index (χ3n) is 6.24. The lowest BCUT2D eigenvalue weighted by Gasteiger charge is -2.36. The molecule has 0 unspecified atom stereocenters. The van der Waals surface area contributed by atoms with E-state index in [4.69, 9.17) is 9.47 Å². The number of piperazine rings is 1. The van der Waals surface area contributed by atoms with Gasteiger partial charge in [-0.1, -0.05) is 24.3 Å². The molecule has 1 amide bonds. The van der Waals surface area contributed by atoms with Crippen molar-refractivity contribution in [3.05, 3.63) is 59.7 Å². The Morgan fingerprint density at radius 2 is 1.71 bits per heavy atom. The number of anilines is 1. The average molecular weight is 486 g/mol. The number of ether oxygens (including phenoxy) is 2. The topological polar surface area (TPSA) is 79.4 Å². The number of methoxy groups -OCH3 is 1. The second-order valence-electron chi connectivity index (χ2n) is 8.36. The molecule has 0 aliphatic carbocycles. The number of nitrogens with zero attached hydrogens (tertiary/aromatic N) is 3. The molecule has 0 atom stereocenters. The molecule has 9 heteroatoms. The fourth-order valence-electron chi connectivity index (χ4n) is 4.28. The third-order valence-corrected chi connectivity index (χ3v) is 8.16. The molecular formula is C25H31N3O5S. The number of amides is 1. The molecule has 0 bridgehead atoms. The molecule has 2 fully saturated rings. The van der Waals surface area contributed by atoms with Gasteiger partial charge in [0.05, 0.1) is 20.3 Å². The number of hydrogen-bond donors (Lipinski definition) is 0. The van der Waals surface area contributed by atoms with Gasteiger partial charge in [0, 0.05) is 51.0 Å². The van der Waals surface area contributed by atoms with Crippen molar-refractivity contribution in [2.45, 2.75) is 11.8 Å². The van der Waals surface area contributed by atoms with Crippen molar-refractivity contribution >= 4 is 27.7 Å². The van der Waals surface area contributed by atoms with Crippen LogP contribution in [0.4, 0.5) is 5.69 Å².